The van der Waals surface area contributed by atoms with Gasteiger partial charge < -0.3 is 15.2 Å². The van der Waals surface area contributed by atoms with Gasteiger partial charge in [-0.2, -0.15) is 0 Å². The van der Waals surface area contributed by atoms with Crippen molar-refractivity contribution in [3.05, 3.63) is 29.3 Å². The zero-order valence-corrected chi connectivity index (χ0v) is 13.7. The number of ether oxygens (including phenoxy) is 2. The Balaban J connectivity index is 0.00000220. The van der Waals surface area contributed by atoms with Crippen LogP contribution in [0.25, 0.3) is 0 Å². The Morgan fingerprint density at radius 1 is 1.38 bits per heavy atom. The van der Waals surface area contributed by atoms with Crippen LogP contribution in [0.2, 0.25) is 0 Å². The van der Waals surface area contributed by atoms with E-state index in [4.69, 9.17) is 15.2 Å². The summed E-state index contributed by atoms with van der Waals surface area (Å²) < 4.78 is 10.9. The lowest BCUT2D eigenvalue weighted by Gasteiger charge is -2.24. The van der Waals surface area contributed by atoms with Crippen molar-refractivity contribution in [1.29, 1.82) is 0 Å². The second kappa shape index (κ2) is 7.14. The molecule has 0 saturated carbocycles. The SMILES string of the molecule is CC(C)(C)OC(=O)COc1cccc2c1CCC[C@H]2N.Cl. The topological polar surface area (TPSA) is 61.5 Å². The molecular weight excluding hydrogens is 290 g/mol. The van der Waals surface area contributed by atoms with Crippen molar-refractivity contribution in [3.8, 4) is 5.75 Å². The molecule has 0 spiro atoms. The third-order valence-corrected chi connectivity index (χ3v) is 3.28. The van der Waals surface area contributed by atoms with Crippen LogP contribution in [-0.2, 0) is 16.0 Å². The average Bonchev–Trinajstić information content (AvgIpc) is 2.35. The highest BCUT2D eigenvalue weighted by Crippen LogP contribution is 2.34. The molecule has 0 fully saturated rings. The third-order valence-electron chi connectivity index (χ3n) is 3.28. The predicted molar refractivity (Wildman–Crippen MR) is 84.9 cm³/mol. The molecule has 0 aliphatic heterocycles. The van der Waals surface area contributed by atoms with Gasteiger partial charge in [-0.15, -0.1) is 12.4 Å². The molecule has 0 amide bonds. The first kappa shape index (κ1) is 17.8. The molecule has 1 atom stereocenters. The molecule has 1 aliphatic rings. The van der Waals surface area contributed by atoms with E-state index in [-0.39, 0.29) is 31.0 Å². The average molecular weight is 314 g/mol. The highest BCUT2D eigenvalue weighted by Gasteiger charge is 2.21. The summed E-state index contributed by atoms with van der Waals surface area (Å²) in [6.07, 6.45) is 3.01. The number of esters is 1. The summed E-state index contributed by atoms with van der Waals surface area (Å²) in [4.78, 5) is 11.7. The van der Waals surface area contributed by atoms with Crippen LogP contribution in [0.3, 0.4) is 0 Å². The zero-order valence-electron chi connectivity index (χ0n) is 12.8. The van der Waals surface area contributed by atoms with Crippen LogP contribution in [0.15, 0.2) is 18.2 Å². The van der Waals surface area contributed by atoms with Crippen LogP contribution in [0.5, 0.6) is 5.75 Å². The van der Waals surface area contributed by atoms with Crippen molar-refractivity contribution in [3.63, 3.8) is 0 Å². The lowest BCUT2D eigenvalue weighted by Crippen LogP contribution is -2.27. The van der Waals surface area contributed by atoms with Crippen molar-refractivity contribution in [1.82, 2.24) is 0 Å². The second-order valence-electron chi connectivity index (χ2n) is 6.20. The minimum Gasteiger partial charge on any atom is -0.482 e. The van der Waals surface area contributed by atoms with Crippen molar-refractivity contribution >= 4 is 18.4 Å². The summed E-state index contributed by atoms with van der Waals surface area (Å²) in [5, 5.41) is 0. The number of carbonyl (C=O) groups excluding carboxylic acids is 1. The van der Waals surface area contributed by atoms with Gasteiger partial charge in [-0.3, -0.25) is 0 Å². The zero-order chi connectivity index (χ0) is 14.8. The molecule has 5 heteroatoms. The number of fused-ring (bicyclic) bond motifs is 1. The van der Waals surface area contributed by atoms with E-state index in [1.807, 2.05) is 39.0 Å². The van der Waals surface area contributed by atoms with Crippen LogP contribution in [-0.4, -0.2) is 18.2 Å². The molecule has 2 rings (SSSR count). The molecule has 0 bridgehead atoms. The molecule has 1 aliphatic carbocycles. The first-order valence-electron chi connectivity index (χ1n) is 7.09. The van der Waals surface area contributed by atoms with Gasteiger partial charge in [-0.25, -0.2) is 4.79 Å². The lowest BCUT2D eigenvalue weighted by molar-refractivity contribution is -0.157. The Hall–Kier alpha value is -1.26. The van der Waals surface area contributed by atoms with Crippen molar-refractivity contribution in [2.75, 3.05) is 6.61 Å². The molecule has 118 valence electrons. The Morgan fingerprint density at radius 3 is 2.76 bits per heavy atom. The summed E-state index contributed by atoms with van der Waals surface area (Å²) in [6.45, 7) is 5.46. The van der Waals surface area contributed by atoms with Crippen molar-refractivity contribution in [2.24, 2.45) is 5.73 Å². The monoisotopic (exact) mass is 313 g/mol. The fraction of sp³-hybridized carbons (Fsp3) is 0.562. The van der Waals surface area contributed by atoms with E-state index in [9.17, 15) is 4.79 Å². The predicted octanol–water partition coefficient (Wildman–Crippen LogP) is 3.17. The molecule has 21 heavy (non-hydrogen) atoms. The molecule has 2 N–H and O–H groups in total. The molecule has 4 nitrogen and oxygen atoms in total. The molecule has 1 aromatic rings. The Kier molecular flexibility index (Phi) is 6.05. The smallest absolute Gasteiger partial charge is 0.344 e. The molecule has 1 aromatic carbocycles. The van der Waals surface area contributed by atoms with Gasteiger partial charge in [0.25, 0.3) is 0 Å². The minimum atomic E-state index is -0.487. The summed E-state index contributed by atoms with van der Waals surface area (Å²) in [5.41, 5.74) is 7.89. The number of halogens is 1. The van der Waals surface area contributed by atoms with Crippen LogP contribution in [0.4, 0.5) is 0 Å². The number of rotatable bonds is 3. The van der Waals surface area contributed by atoms with Gasteiger partial charge in [-0.05, 0) is 57.2 Å². The molecule has 0 saturated heterocycles. The van der Waals surface area contributed by atoms with E-state index in [0.29, 0.717) is 0 Å². The van der Waals surface area contributed by atoms with E-state index in [1.165, 1.54) is 0 Å². The van der Waals surface area contributed by atoms with Crippen LogP contribution in [0, 0.1) is 0 Å². The minimum absolute atomic E-state index is 0. The van der Waals surface area contributed by atoms with E-state index in [0.717, 1.165) is 36.1 Å². The fourth-order valence-electron chi connectivity index (χ4n) is 2.49. The normalized spacial score (nSPS) is 17.4. The summed E-state index contributed by atoms with van der Waals surface area (Å²) >= 11 is 0. The van der Waals surface area contributed by atoms with Crippen LogP contribution >= 0.6 is 12.4 Å². The second-order valence-corrected chi connectivity index (χ2v) is 6.20. The Labute approximate surface area is 132 Å². The molecular formula is C16H24ClNO3. The van der Waals surface area contributed by atoms with Gasteiger partial charge in [0, 0.05) is 6.04 Å². The number of hydrogen-bond donors (Lipinski definition) is 1. The molecule has 0 unspecified atom stereocenters. The van der Waals surface area contributed by atoms with E-state index >= 15 is 0 Å². The number of benzene rings is 1. The van der Waals surface area contributed by atoms with Crippen LogP contribution in [0.1, 0.15) is 50.8 Å². The first-order chi connectivity index (χ1) is 9.37. The molecule has 0 radical (unpaired) electrons. The Morgan fingerprint density at radius 2 is 2.10 bits per heavy atom. The van der Waals surface area contributed by atoms with Crippen molar-refractivity contribution < 1.29 is 14.3 Å². The van der Waals surface area contributed by atoms with E-state index in [1.54, 1.807) is 0 Å². The van der Waals surface area contributed by atoms with Crippen molar-refractivity contribution in [2.45, 2.75) is 51.7 Å². The molecule has 0 aromatic heterocycles. The van der Waals surface area contributed by atoms with Gasteiger partial charge in [0.2, 0.25) is 0 Å². The summed E-state index contributed by atoms with van der Waals surface area (Å²) in [5.74, 6) is 0.402. The highest BCUT2D eigenvalue weighted by atomic mass is 35.5. The highest BCUT2D eigenvalue weighted by molar-refractivity contribution is 5.85. The number of hydrogen-bond acceptors (Lipinski definition) is 4. The van der Waals surface area contributed by atoms with Gasteiger partial charge in [0.15, 0.2) is 6.61 Å². The maximum absolute atomic E-state index is 11.7. The first-order valence-corrected chi connectivity index (χ1v) is 7.09. The standard InChI is InChI=1S/C16H23NO3.ClH/c1-16(2,3)20-15(18)10-19-14-9-5-6-11-12(14)7-4-8-13(11)17;/h5-6,9,13H,4,7-8,10,17H2,1-3H3;1H/t13-;/m1./s1. The van der Waals surface area contributed by atoms with Gasteiger partial charge in [0.05, 0.1) is 0 Å². The van der Waals surface area contributed by atoms with E-state index < -0.39 is 5.60 Å². The van der Waals surface area contributed by atoms with E-state index in [2.05, 4.69) is 0 Å². The number of carbonyl (C=O) groups is 1. The van der Waals surface area contributed by atoms with Gasteiger partial charge >= 0.3 is 5.97 Å². The maximum Gasteiger partial charge on any atom is 0.344 e. The Bertz CT molecular complexity index is 497. The fourth-order valence-corrected chi connectivity index (χ4v) is 2.49. The number of nitrogens with two attached hydrogens (primary N) is 1. The summed E-state index contributed by atoms with van der Waals surface area (Å²) in [7, 11) is 0. The third kappa shape index (κ3) is 4.90. The van der Waals surface area contributed by atoms with Crippen LogP contribution < -0.4 is 10.5 Å². The van der Waals surface area contributed by atoms with Gasteiger partial charge in [-0.1, -0.05) is 12.1 Å². The van der Waals surface area contributed by atoms with Gasteiger partial charge in [0.1, 0.15) is 11.4 Å². The maximum atomic E-state index is 11.7. The molecule has 0 heterocycles. The largest absolute Gasteiger partial charge is 0.482 e. The quantitative estimate of drug-likeness (QED) is 0.871. The summed E-state index contributed by atoms with van der Waals surface area (Å²) in [6, 6.07) is 5.93. The lowest BCUT2D eigenvalue weighted by atomic mass is 9.88.